The lowest BCUT2D eigenvalue weighted by atomic mass is 9.99. The van der Waals surface area contributed by atoms with Crippen LogP contribution in [0.25, 0.3) is 0 Å². The Kier molecular flexibility index (Phi) is 6.25. The maximum Gasteiger partial charge on any atom is 0.327 e. The average Bonchev–Trinajstić information content (AvgIpc) is 3.26. The zero-order valence-electron chi connectivity index (χ0n) is 20.1. The van der Waals surface area contributed by atoms with Gasteiger partial charge in [-0.3, -0.25) is 14.5 Å². The molecule has 0 spiro atoms. The van der Waals surface area contributed by atoms with Crippen LogP contribution in [0, 0.1) is 0 Å². The first-order chi connectivity index (χ1) is 18.0. The van der Waals surface area contributed by atoms with Crippen LogP contribution in [0.4, 0.5) is 16.2 Å². The van der Waals surface area contributed by atoms with E-state index in [1.807, 2.05) is 24.3 Å². The average molecular weight is 522 g/mol. The lowest BCUT2D eigenvalue weighted by molar-refractivity contribution is -0.129. The van der Waals surface area contributed by atoms with E-state index in [1.54, 1.807) is 22.1 Å². The predicted molar refractivity (Wildman–Crippen MR) is 137 cm³/mol. The molecule has 2 fully saturated rings. The van der Waals surface area contributed by atoms with Crippen molar-refractivity contribution in [1.82, 2.24) is 20.5 Å². The van der Waals surface area contributed by atoms with Crippen LogP contribution in [0.3, 0.4) is 0 Å². The highest BCUT2D eigenvalue weighted by molar-refractivity contribution is 8.01. The standard InChI is InChI=1S/C26H27N5O5S/c1-2-20(32)30-11-3-4-15(12-30)28-24(33)23-22-21-19(9-10-27-25(21)37-23)31(26(34)29-22)16-5-7-17(8-6-16)36-18-13-35-14-18/h2,5-10,15,18,22-23H,1,3-4,11-14H2,(H,28,33)(H,29,34)/t15?,22?,23-/m1/s1. The first-order valence-corrected chi connectivity index (χ1v) is 13.2. The van der Waals surface area contributed by atoms with E-state index < -0.39 is 11.3 Å². The zero-order chi connectivity index (χ0) is 25.5. The molecule has 192 valence electrons. The number of rotatable bonds is 6. The lowest BCUT2D eigenvalue weighted by Gasteiger charge is -2.35. The number of urea groups is 1. The summed E-state index contributed by atoms with van der Waals surface area (Å²) in [6.45, 7) is 5.83. The largest absolute Gasteiger partial charge is 0.486 e. The SMILES string of the molecule is C=CC(=O)N1CCCC(NC(=O)[C@@H]2Sc3nccc4c3C2NC(=O)N4c2ccc(OC3COC3)cc2)C1. The monoisotopic (exact) mass is 521 g/mol. The van der Waals surface area contributed by atoms with Crippen LogP contribution >= 0.6 is 11.8 Å². The minimum atomic E-state index is -0.555. The number of benzene rings is 1. The predicted octanol–water partition coefficient (Wildman–Crippen LogP) is 2.53. The number of piperidine rings is 1. The molecule has 0 saturated carbocycles. The van der Waals surface area contributed by atoms with E-state index in [2.05, 4.69) is 22.2 Å². The van der Waals surface area contributed by atoms with E-state index in [4.69, 9.17) is 9.47 Å². The van der Waals surface area contributed by atoms with Gasteiger partial charge in [0.2, 0.25) is 11.8 Å². The van der Waals surface area contributed by atoms with Crippen molar-refractivity contribution < 1.29 is 23.9 Å². The van der Waals surface area contributed by atoms with Gasteiger partial charge in [-0.05, 0) is 49.2 Å². The number of carbonyl (C=O) groups is 3. The Balaban J connectivity index is 1.20. The normalized spacial score (nSPS) is 24.5. The number of ether oxygens (including phenoxy) is 2. The Labute approximate surface area is 218 Å². The number of amides is 4. The van der Waals surface area contributed by atoms with E-state index in [0.717, 1.165) is 29.2 Å². The van der Waals surface area contributed by atoms with Crippen LogP contribution in [0.1, 0.15) is 24.4 Å². The fraction of sp³-hybridized carbons (Fsp3) is 0.385. The van der Waals surface area contributed by atoms with Crippen molar-refractivity contribution in [1.29, 1.82) is 0 Å². The maximum absolute atomic E-state index is 13.4. The highest BCUT2D eigenvalue weighted by atomic mass is 32.2. The van der Waals surface area contributed by atoms with Gasteiger partial charge in [0.25, 0.3) is 0 Å². The van der Waals surface area contributed by atoms with Gasteiger partial charge >= 0.3 is 6.03 Å². The molecular weight excluding hydrogens is 494 g/mol. The molecule has 5 heterocycles. The number of anilines is 2. The lowest BCUT2D eigenvalue weighted by Crippen LogP contribution is -2.53. The van der Waals surface area contributed by atoms with Crippen LogP contribution in [-0.2, 0) is 14.3 Å². The third-order valence-corrected chi connectivity index (χ3v) is 8.31. The number of pyridine rings is 1. The molecule has 4 aliphatic rings. The molecule has 2 aromatic rings. The Morgan fingerprint density at radius 2 is 2.05 bits per heavy atom. The van der Waals surface area contributed by atoms with Crippen molar-refractivity contribution in [3.05, 3.63) is 54.7 Å². The van der Waals surface area contributed by atoms with E-state index in [9.17, 15) is 14.4 Å². The fourth-order valence-corrected chi connectivity index (χ4v) is 6.37. The van der Waals surface area contributed by atoms with E-state index in [-0.39, 0.29) is 30.0 Å². The molecule has 2 unspecified atom stereocenters. The summed E-state index contributed by atoms with van der Waals surface area (Å²) < 4.78 is 11.0. The van der Waals surface area contributed by atoms with Gasteiger partial charge in [-0.1, -0.05) is 18.3 Å². The van der Waals surface area contributed by atoms with Gasteiger partial charge in [0.05, 0.1) is 30.6 Å². The molecule has 0 radical (unpaired) electrons. The molecule has 11 heteroatoms. The number of aromatic nitrogens is 1. The van der Waals surface area contributed by atoms with Crippen LogP contribution in [0.15, 0.2) is 54.2 Å². The van der Waals surface area contributed by atoms with Crippen molar-refractivity contribution in [3.63, 3.8) is 0 Å². The molecule has 6 rings (SSSR count). The molecule has 4 amide bonds. The third-order valence-electron chi connectivity index (χ3n) is 7.02. The van der Waals surface area contributed by atoms with Gasteiger partial charge in [0.15, 0.2) is 0 Å². The molecule has 37 heavy (non-hydrogen) atoms. The molecule has 0 aliphatic carbocycles. The van der Waals surface area contributed by atoms with Crippen LogP contribution in [-0.4, -0.2) is 71.4 Å². The summed E-state index contributed by atoms with van der Waals surface area (Å²) in [5, 5.41) is 6.30. The minimum absolute atomic E-state index is 0.0626. The Morgan fingerprint density at radius 1 is 1.24 bits per heavy atom. The van der Waals surface area contributed by atoms with Gasteiger partial charge in [-0.2, -0.15) is 0 Å². The van der Waals surface area contributed by atoms with Gasteiger partial charge in [0, 0.05) is 30.9 Å². The Hall–Kier alpha value is -3.57. The summed E-state index contributed by atoms with van der Waals surface area (Å²) in [7, 11) is 0. The molecule has 1 aromatic carbocycles. The van der Waals surface area contributed by atoms with Gasteiger partial charge < -0.3 is 25.0 Å². The Bertz CT molecular complexity index is 1250. The topological polar surface area (TPSA) is 113 Å². The highest BCUT2D eigenvalue weighted by Gasteiger charge is 2.47. The summed E-state index contributed by atoms with van der Waals surface area (Å²) in [6, 6.07) is 8.21. The Morgan fingerprint density at radius 3 is 2.78 bits per heavy atom. The molecule has 2 saturated heterocycles. The molecule has 3 atom stereocenters. The number of nitrogens with zero attached hydrogens (tertiary/aromatic N) is 3. The molecule has 2 N–H and O–H groups in total. The summed E-state index contributed by atoms with van der Waals surface area (Å²) in [5.41, 5.74) is 2.24. The molecular formula is C26H27N5O5S. The smallest absolute Gasteiger partial charge is 0.327 e. The number of hydrogen-bond acceptors (Lipinski definition) is 7. The van der Waals surface area contributed by atoms with E-state index in [0.29, 0.717) is 37.7 Å². The molecule has 10 nitrogen and oxygen atoms in total. The second kappa shape index (κ2) is 9.71. The first-order valence-electron chi connectivity index (χ1n) is 12.3. The molecule has 1 aromatic heterocycles. The van der Waals surface area contributed by atoms with Gasteiger partial charge in [-0.15, -0.1) is 0 Å². The number of likely N-dealkylation sites (tertiary alicyclic amines) is 1. The molecule has 4 aliphatic heterocycles. The first kappa shape index (κ1) is 23.8. The van der Waals surface area contributed by atoms with Crippen molar-refractivity contribution in [2.75, 3.05) is 31.2 Å². The minimum Gasteiger partial charge on any atom is -0.486 e. The third kappa shape index (κ3) is 4.42. The van der Waals surface area contributed by atoms with Crippen LogP contribution in [0.2, 0.25) is 0 Å². The summed E-state index contributed by atoms with van der Waals surface area (Å²) >= 11 is 1.36. The zero-order valence-corrected chi connectivity index (χ0v) is 20.9. The molecule has 0 bridgehead atoms. The quantitative estimate of drug-likeness (QED) is 0.562. The summed E-state index contributed by atoms with van der Waals surface area (Å²) in [5.74, 6) is 0.412. The summed E-state index contributed by atoms with van der Waals surface area (Å²) in [6.07, 6.45) is 4.62. The second-order valence-electron chi connectivity index (χ2n) is 9.46. The van der Waals surface area contributed by atoms with Crippen molar-refractivity contribution in [2.45, 2.75) is 41.3 Å². The number of nitrogens with one attached hydrogen (secondary N) is 2. The number of hydrogen-bond donors (Lipinski definition) is 2. The second-order valence-corrected chi connectivity index (χ2v) is 10.6. The highest BCUT2D eigenvalue weighted by Crippen LogP contribution is 2.50. The number of thioether (sulfide) groups is 1. The maximum atomic E-state index is 13.4. The van der Waals surface area contributed by atoms with Crippen molar-refractivity contribution in [3.8, 4) is 5.75 Å². The van der Waals surface area contributed by atoms with Gasteiger partial charge in [-0.25, -0.2) is 9.78 Å². The summed E-state index contributed by atoms with van der Waals surface area (Å²) in [4.78, 5) is 46.5. The van der Waals surface area contributed by atoms with Crippen LogP contribution in [0.5, 0.6) is 5.75 Å². The van der Waals surface area contributed by atoms with E-state index >= 15 is 0 Å². The van der Waals surface area contributed by atoms with Gasteiger partial charge in [0.1, 0.15) is 22.1 Å². The van der Waals surface area contributed by atoms with Crippen molar-refractivity contribution >= 4 is 41.0 Å². The van der Waals surface area contributed by atoms with Crippen molar-refractivity contribution in [2.24, 2.45) is 0 Å². The van der Waals surface area contributed by atoms with E-state index in [1.165, 1.54) is 17.8 Å². The fourth-order valence-electron chi connectivity index (χ4n) is 5.14. The number of carbonyl (C=O) groups excluding carboxylic acids is 3. The van der Waals surface area contributed by atoms with Crippen LogP contribution < -0.4 is 20.3 Å².